The summed E-state index contributed by atoms with van der Waals surface area (Å²) in [7, 11) is 0. The topological polar surface area (TPSA) is 41.6 Å². The van der Waals surface area contributed by atoms with E-state index in [1.807, 2.05) is 11.8 Å². The van der Waals surface area contributed by atoms with E-state index in [1.54, 1.807) is 0 Å². The maximum Gasteiger partial charge on any atom is 0.409 e. The van der Waals surface area contributed by atoms with Crippen molar-refractivity contribution in [1.29, 1.82) is 0 Å². The fourth-order valence-electron chi connectivity index (χ4n) is 3.34. The number of carbonyl (C=O) groups is 1. The first-order valence-corrected chi connectivity index (χ1v) is 8.48. The maximum absolute atomic E-state index is 11.7. The Morgan fingerprint density at radius 3 is 2.68 bits per heavy atom. The van der Waals surface area contributed by atoms with Gasteiger partial charge in [0.05, 0.1) is 6.61 Å². The molecule has 2 aliphatic rings. The van der Waals surface area contributed by atoms with Crippen LogP contribution in [0.5, 0.6) is 0 Å². The molecule has 2 fully saturated rings. The van der Waals surface area contributed by atoms with Crippen molar-refractivity contribution in [3.05, 3.63) is 35.9 Å². The fourth-order valence-corrected chi connectivity index (χ4v) is 3.34. The summed E-state index contributed by atoms with van der Waals surface area (Å²) in [6.45, 7) is 5.05. The van der Waals surface area contributed by atoms with E-state index in [4.69, 9.17) is 4.74 Å². The molecule has 1 N–H and O–H groups in total. The highest BCUT2D eigenvalue weighted by atomic mass is 16.6. The average Bonchev–Trinajstić information content (AvgIpc) is 3.34. The highest BCUT2D eigenvalue weighted by Crippen LogP contribution is 2.40. The van der Waals surface area contributed by atoms with Gasteiger partial charge in [0.1, 0.15) is 0 Å². The molecule has 120 valence electrons. The van der Waals surface area contributed by atoms with Crippen LogP contribution < -0.4 is 5.32 Å². The molecule has 1 saturated heterocycles. The Hall–Kier alpha value is -1.55. The normalized spacial score (nSPS) is 25.0. The van der Waals surface area contributed by atoms with Crippen molar-refractivity contribution in [1.82, 2.24) is 10.2 Å². The Morgan fingerprint density at radius 2 is 2.00 bits per heavy atom. The molecule has 1 aliphatic carbocycles. The van der Waals surface area contributed by atoms with Gasteiger partial charge >= 0.3 is 6.09 Å². The summed E-state index contributed by atoms with van der Waals surface area (Å²) >= 11 is 0. The minimum atomic E-state index is -0.153. The standard InChI is InChI=1S/C18H26N2O2/c1-2-22-18(21)20-10-8-14(9-11-20)13-19-17-12-16(17)15-6-4-3-5-7-15/h3-7,14,16-17,19H,2,8-13H2,1H3/t16-,17+/m0/s1. The fraction of sp³-hybridized carbons (Fsp3) is 0.611. The minimum absolute atomic E-state index is 0.153. The van der Waals surface area contributed by atoms with Crippen LogP contribution >= 0.6 is 0 Å². The molecule has 3 rings (SSSR count). The Balaban J connectivity index is 1.36. The highest BCUT2D eigenvalue weighted by Gasteiger charge is 2.38. The smallest absolute Gasteiger partial charge is 0.409 e. The van der Waals surface area contributed by atoms with Crippen LogP contribution in [0.1, 0.15) is 37.7 Å². The first-order chi connectivity index (χ1) is 10.8. The molecule has 0 bridgehead atoms. The van der Waals surface area contributed by atoms with E-state index in [-0.39, 0.29) is 6.09 Å². The summed E-state index contributed by atoms with van der Waals surface area (Å²) in [6.07, 6.45) is 3.26. The molecule has 1 aromatic carbocycles. The van der Waals surface area contributed by atoms with Gasteiger partial charge < -0.3 is 15.0 Å². The van der Waals surface area contributed by atoms with Crippen LogP contribution in [0.25, 0.3) is 0 Å². The van der Waals surface area contributed by atoms with Gasteiger partial charge in [0.25, 0.3) is 0 Å². The predicted molar refractivity (Wildman–Crippen MR) is 86.9 cm³/mol. The molecule has 0 unspecified atom stereocenters. The van der Waals surface area contributed by atoms with Crippen molar-refractivity contribution < 1.29 is 9.53 Å². The van der Waals surface area contributed by atoms with Gasteiger partial charge in [-0.3, -0.25) is 0 Å². The SMILES string of the molecule is CCOC(=O)N1CCC(CN[C@@H]2C[C@H]2c2ccccc2)CC1. The van der Waals surface area contributed by atoms with Gasteiger partial charge in [-0.15, -0.1) is 0 Å². The van der Waals surface area contributed by atoms with E-state index in [1.165, 1.54) is 12.0 Å². The molecular weight excluding hydrogens is 276 g/mol. The zero-order valence-corrected chi connectivity index (χ0v) is 13.3. The number of amides is 1. The number of benzene rings is 1. The third-order valence-corrected chi connectivity index (χ3v) is 4.83. The Labute approximate surface area is 132 Å². The van der Waals surface area contributed by atoms with Gasteiger partial charge in [0.2, 0.25) is 0 Å². The van der Waals surface area contributed by atoms with Gasteiger partial charge in [0.15, 0.2) is 0 Å². The lowest BCUT2D eigenvalue weighted by Crippen LogP contribution is -2.41. The first-order valence-electron chi connectivity index (χ1n) is 8.48. The third-order valence-electron chi connectivity index (χ3n) is 4.83. The van der Waals surface area contributed by atoms with Crippen LogP contribution in [-0.2, 0) is 4.74 Å². The van der Waals surface area contributed by atoms with Crippen molar-refractivity contribution in [2.45, 2.75) is 38.1 Å². The van der Waals surface area contributed by atoms with Crippen molar-refractivity contribution >= 4 is 6.09 Å². The van der Waals surface area contributed by atoms with E-state index in [0.717, 1.165) is 32.5 Å². The maximum atomic E-state index is 11.7. The van der Waals surface area contributed by atoms with E-state index in [0.29, 0.717) is 24.5 Å². The van der Waals surface area contributed by atoms with E-state index >= 15 is 0 Å². The van der Waals surface area contributed by atoms with Crippen LogP contribution in [0, 0.1) is 5.92 Å². The molecule has 0 spiro atoms. The second kappa shape index (κ2) is 7.14. The number of hydrogen-bond acceptors (Lipinski definition) is 3. The van der Waals surface area contributed by atoms with Crippen LogP contribution in [0.3, 0.4) is 0 Å². The minimum Gasteiger partial charge on any atom is -0.450 e. The molecule has 1 aromatic rings. The number of rotatable bonds is 5. The molecule has 0 radical (unpaired) electrons. The highest BCUT2D eigenvalue weighted by molar-refractivity contribution is 5.67. The lowest BCUT2D eigenvalue weighted by molar-refractivity contribution is 0.0916. The summed E-state index contributed by atoms with van der Waals surface area (Å²) in [4.78, 5) is 13.5. The van der Waals surface area contributed by atoms with Crippen LogP contribution in [-0.4, -0.2) is 43.3 Å². The van der Waals surface area contributed by atoms with E-state index < -0.39 is 0 Å². The Bertz CT molecular complexity index is 483. The second-order valence-corrected chi connectivity index (χ2v) is 6.40. The number of nitrogens with zero attached hydrogens (tertiary/aromatic N) is 1. The summed E-state index contributed by atoms with van der Waals surface area (Å²) in [6, 6.07) is 11.4. The first kappa shape index (κ1) is 15.3. The summed E-state index contributed by atoms with van der Waals surface area (Å²) in [5.74, 6) is 1.38. The van der Waals surface area contributed by atoms with Crippen LogP contribution in [0.15, 0.2) is 30.3 Å². The quantitative estimate of drug-likeness (QED) is 0.909. The average molecular weight is 302 g/mol. The van der Waals surface area contributed by atoms with Gasteiger partial charge in [0, 0.05) is 25.0 Å². The lowest BCUT2D eigenvalue weighted by Gasteiger charge is -2.31. The molecule has 4 nitrogen and oxygen atoms in total. The summed E-state index contributed by atoms with van der Waals surface area (Å²) in [5, 5.41) is 3.71. The Morgan fingerprint density at radius 1 is 1.27 bits per heavy atom. The number of piperidine rings is 1. The number of ether oxygens (including phenoxy) is 1. The predicted octanol–water partition coefficient (Wildman–Crippen LogP) is 3.00. The molecule has 0 aromatic heterocycles. The van der Waals surface area contributed by atoms with Crippen LogP contribution in [0.4, 0.5) is 4.79 Å². The molecule has 1 heterocycles. The van der Waals surface area contributed by atoms with E-state index in [2.05, 4.69) is 35.6 Å². The number of likely N-dealkylation sites (tertiary alicyclic amines) is 1. The number of hydrogen-bond donors (Lipinski definition) is 1. The van der Waals surface area contributed by atoms with E-state index in [9.17, 15) is 4.79 Å². The molecule has 1 saturated carbocycles. The monoisotopic (exact) mass is 302 g/mol. The lowest BCUT2D eigenvalue weighted by atomic mass is 9.97. The molecule has 4 heteroatoms. The number of nitrogens with one attached hydrogen (secondary N) is 1. The van der Waals surface area contributed by atoms with Crippen LogP contribution in [0.2, 0.25) is 0 Å². The largest absolute Gasteiger partial charge is 0.450 e. The molecule has 2 atom stereocenters. The van der Waals surface area contributed by atoms with Gasteiger partial charge in [-0.05, 0) is 44.2 Å². The molecule has 22 heavy (non-hydrogen) atoms. The summed E-state index contributed by atoms with van der Waals surface area (Å²) in [5.41, 5.74) is 1.46. The molecular formula is C18H26N2O2. The third kappa shape index (κ3) is 3.80. The summed E-state index contributed by atoms with van der Waals surface area (Å²) < 4.78 is 5.06. The molecule has 1 amide bonds. The second-order valence-electron chi connectivity index (χ2n) is 6.40. The van der Waals surface area contributed by atoms with Crippen molar-refractivity contribution in [3.63, 3.8) is 0 Å². The van der Waals surface area contributed by atoms with Crippen molar-refractivity contribution in [2.24, 2.45) is 5.92 Å². The van der Waals surface area contributed by atoms with Crippen molar-refractivity contribution in [2.75, 3.05) is 26.2 Å². The van der Waals surface area contributed by atoms with Gasteiger partial charge in [-0.1, -0.05) is 30.3 Å². The van der Waals surface area contributed by atoms with Crippen molar-refractivity contribution in [3.8, 4) is 0 Å². The van der Waals surface area contributed by atoms with Gasteiger partial charge in [-0.25, -0.2) is 4.79 Å². The Kier molecular flexibility index (Phi) is 4.98. The molecule has 1 aliphatic heterocycles. The zero-order chi connectivity index (χ0) is 15.4. The number of carbonyl (C=O) groups excluding carboxylic acids is 1. The zero-order valence-electron chi connectivity index (χ0n) is 13.3. The van der Waals surface area contributed by atoms with Gasteiger partial charge in [-0.2, -0.15) is 0 Å².